The SMILES string of the molecule is CCOc1cc(OC(F)F)ccc1/C=C/C(=O)c1ccccc1C(=O)O. The second kappa shape index (κ2) is 8.75. The lowest BCUT2D eigenvalue weighted by Gasteiger charge is -2.10. The third-order valence-corrected chi connectivity index (χ3v) is 3.35. The van der Waals surface area contributed by atoms with Crippen LogP contribution in [0.1, 0.15) is 33.2 Å². The summed E-state index contributed by atoms with van der Waals surface area (Å²) in [6.07, 6.45) is 2.63. The minimum absolute atomic E-state index is 0.0480. The maximum Gasteiger partial charge on any atom is 0.387 e. The van der Waals surface area contributed by atoms with Gasteiger partial charge in [-0.05, 0) is 37.3 Å². The number of carboxylic acid groups (broad SMARTS) is 1. The van der Waals surface area contributed by atoms with Gasteiger partial charge in [-0.15, -0.1) is 0 Å². The van der Waals surface area contributed by atoms with Gasteiger partial charge in [-0.2, -0.15) is 8.78 Å². The number of rotatable bonds is 8. The molecule has 136 valence electrons. The van der Waals surface area contributed by atoms with E-state index in [9.17, 15) is 18.4 Å². The molecule has 0 atom stereocenters. The van der Waals surface area contributed by atoms with E-state index < -0.39 is 18.4 Å². The zero-order chi connectivity index (χ0) is 19.1. The number of allylic oxidation sites excluding steroid dienone is 1. The van der Waals surface area contributed by atoms with Crippen LogP contribution in [-0.2, 0) is 0 Å². The highest BCUT2D eigenvalue weighted by Crippen LogP contribution is 2.27. The van der Waals surface area contributed by atoms with Gasteiger partial charge in [0.1, 0.15) is 11.5 Å². The highest BCUT2D eigenvalue weighted by molar-refractivity contribution is 6.12. The molecule has 5 nitrogen and oxygen atoms in total. The van der Waals surface area contributed by atoms with Crippen molar-refractivity contribution in [3.8, 4) is 11.5 Å². The molecule has 0 aromatic heterocycles. The number of alkyl halides is 2. The van der Waals surface area contributed by atoms with Crippen LogP contribution in [0.15, 0.2) is 48.5 Å². The number of hydrogen-bond acceptors (Lipinski definition) is 4. The van der Waals surface area contributed by atoms with Gasteiger partial charge in [0.05, 0.1) is 12.2 Å². The van der Waals surface area contributed by atoms with Crippen molar-refractivity contribution >= 4 is 17.8 Å². The summed E-state index contributed by atoms with van der Waals surface area (Å²) in [6, 6.07) is 9.93. The lowest BCUT2D eigenvalue weighted by molar-refractivity contribution is -0.0499. The predicted molar refractivity (Wildman–Crippen MR) is 91.0 cm³/mol. The number of halogens is 2. The Balaban J connectivity index is 2.29. The molecular weight excluding hydrogens is 346 g/mol. The zero-order valence-corrected chi connectivity index (χ0v) is 13.8. The van der Waals surface area contributed by atoms with Gasteiger partial charge in [-0.25, -0.2) is 4.79 Å². The lowest BCUT2D eigenvalue weighted by atomic mass is 10.0. The molecule has 0 fully saturated rings. The Bertz CT molecular complexity index is 830. The Labute approximate surface area is 148 Å². The lowest BCUT2D eigenvalue weighted by Crippen LogP contribution is -2.06. The van der Waals surface area contributed by atoms with Gasteiger partial charge >= 0.3 is 12.6 Å². The second-order valence-electron chi connectivity index (χ2n) is 5.06. The fourth-order valence-electron chi connectivity index (χ4n) is 2.25. The summed E-state index contributed by atoms with van der Waals surface area (Å²) in [5.74, 6) is -1.51. The summed E-state index contributed by atoms with van der Waals surface area (Å²) >= 11 is 0. The molecule has 7 heteroatoms. The van der Waals surface area contributed by atoms with E-state index in [4.69, 9.17) is 9.84 Å². The van der Waals surface area contributed by atoms with E-state index in [0.29, 0.717) is 5.56 Å². The number of ketones is 1. The second-order valence-corrected chi connectivity index (χ2v) is 5.06. The molecule has 0 aliphatic heterocycles. The van der Waals surface area contributed by atoms with Crippen LogP contribution < -0.4 is 9.47 Å². The third-order valence-electron chi connectivity index (χ3n) is 3.35. The number of aromatic carboxylic acids is 1. The number of carbonyl (C=O) groups excluding carboxylic acids is 1. The Morgan fingerprint density at radius 3 is 2.46 bits per heavy atom. The maximum atomic E-state index is 12.3. The van der Waals surface area contributed by atoms with Crippen molar-refractivity contribution in [2.75, 3.05) is 6.61 Å². The number of hydrogen-bond donors (Lipinski definition) is 1. The van der Waals surface area contributed by atoms with Gasteiger partial charge in [0.25, 0.3) is 0 Å². The summed E-state index contributed by atoms with van der Waals surface area (Å²) in [6.45, 7) is -0.947. The summed E-state index contributed by atoms with van der Waals surface area (Å²) in [5, 5.41) is 9.14. The first kappa shape index (κ1) is 19.1. The number of benzene rings is 2. The van der Waals surface area contributed by atoms with Crippen LogP contribution >= 0.6 is 0 Å². The zero-order valence-electron chi connectivity index (χ0n) is 13.8. The van der Waals surface area contributed by atoms with Gasteiger partial charge in [0.2, 0.25) is 0 Å². The average molecular weight is 362 g/mol. The fraction of sp³-hybridized carbons (Fsp3) is 0.158. The van der Waals surface area contributed by atoms with Gasteiger partial charge in [-0.3, -0.25) is 4.79 Å². The molecule has 2 aromatic carbocycles. The topological polar surface area (TPSA) is 72.8 Å². The van der Waals surface area contributed by atoms with Gasteiger partial charge in [0, 0.05) is 17.2 Å². The van der Waals surface area contributed by atoms with Crippen LogP contribution in [0.25, 0.3) is 6.08 Å². The average Bonchev–Trinajstić information content (AvgIpc) is 2.60. The van der Waals surface area contributed by atoms with Gasteiger partial charge < -0.3 is 14.6 Å². The molecule has 0 saturated carbocycles. The first-order valence-corrected chi connectivity index (χ1v) is 7.68. The van der Waals surface area contributed by atoms with Crippen LogP contribution in [0.5, 0.6) is 11.5 Å². The van der Waals surface area contributed by atoms with E-state index >= 15 is 0 Å². The highest BCUT2D eigenvalue weighted by atomic mass is 19.3. The van der Waals surface area contributed by atoms with E-state index in [0.717, 1.165) is 0 Å². The van der Waals surface area contributed by atoms with Crippen LogP contribution in [0.2, 0.25) is 0 Å². The minimum Gasteiger partial charge on any atom is -0.493 e. The molecule has 0 spiro atoms. The van der Waals surface area contributed by atoms with Crippen LogP contribution in [0.3, 0.4) is 0 Å². The Morgan fingerprint density at radius 2 is 1.85 bits per heavy atom. The molecule has 0 aliphatic rings. The molecular formula is C19H16F2O5. The first-order chi connectivity index (χ1) is 12.4. The molecule has 26 heavy (non-hydrogen) atoms. The van der Waals surface area contributed by atoms with E-state index in [1.165, 1.54) is 48.6 Å². The molecule has 0 aliphatic carbocycles. The largest absolute Gasteiger partial charge is 0.493 e. The predicted octanol–water partition coefficient (Wildman–Crippen LogP) is 4.28. The molecule has 2 aromatic rings. The number of carbonyl (C=O) groups is 2. The molecule has 2 rings (SSSR count). The van der Waals surface area contributed by atoms with Gasteiger partial charge in [-0.1, -0.05) is 18.2 Å². The number of carboxylic acids is 1. The molecule has 0 unspecified atom stereocenters. The first-order valence-electron chi connectivity index (χ1n) is 7.68. The van der Waals surface area contributed by atoms with E-state index in [1.54, 1.807) is 13.0 Å². The van der Waals surface area contributed by atoms with E-state index in [-0.39, 0.29) is 29.2 Å². The molecule has 1 N–H and O–H groups in total. The smallest absolute Gasteiger partial charge is 0.387 e. The van der Waals surface area contributed by atoms with Crippen molar-refractivity contribution in [1.29, 1.82) is 0 Å². The van der Waals surface area contributed by atoms with Crippen molar-refractivity contribution in [2.45, 2.75) is 13.5 Å². The summed E-state index contributed by atoms with van der Waals surface area (Å²) in [7, 11) is 0. The molecule has 0 bridgehead atoms. The molecule has 0 saturated heterocycles. The minimum atomic E-state index is -2.96. The maximum absolute atomic E-state index is 12.3. The van der Waals surface area contributed by atoms with Crippen molar-refractivity contribution in [3.63, 3.8) is 0 Å². The summed E-state index contributed by atoms with van der Waals surface area (Å²) in [5.41, 5.74) is 0.411. The van der Waals surface area contributed by atoms with E-state index in [1.807, 2.05) is 0 Å². The van der Waals surface area contributed by atoms with Crippen LogP contribution in [0, 0.1) is 0 Å². The van der Waals surface area contributed by atoms with Crippen molar-refractivity contribution in [1.82, 2.24) is 0 Å². The van der Waals surface area contributed by atoms with E-state index in [2.05, 4.69) is 4.74 Å². The summed E-state index contributed by atoms with van der Waals surface area (Å²) in [4.78, 5) is 23.5. The quantitative estimate of drug-likeness (QED) is 0.560. The molecule has 0 radical (unpaired) electrons. The standard InChI is InChI=1S/C19H16F2O5/c1-2-25-17-11-13(26-19(20)21)9-7-12(17)8-10-16(22)14-5-3-4-6-15(14)18(23)24/h3-11,19H,2H2,1H3,(H,23,24)/b10-8+. The Kier molecular flexibility index (Phi) is 6.43. The van der Waals surface area contributed by atoms with Gasteiger partial charge in [0.15, 0.2) is 5.78 Å². The summed E-state index contributed by atoms with van der Waals surface area (Å²) < 4.78 is 34.3. The number of ether oxygens (including phenoxy) is 2. The van der Waals surface area contributed by atoms with Crippen molar-refractivity contribution < 1.29 is 33.0 Å². The normalized spacial score (nSPS) is 10.9. The fourth-order valence-corrected chi connectivity index (χ4v) is 2.25. The van der Waals surface area contributed by atoms with Crippen molar-refractivity contribution in [3.05, 3.63) is 65.2 Å². The highest BCUT2D eigenvalue weighted by Gasteiger charge is 2.14. The monoisotopic (exact) mass is 362 g/mol. The molecule has 0 amide bonds. The van der Waals surface area contributed by atoms with Crippen LogP contribution in [-0.4, -0.2) is 30.1 Å². The Hall–Kier alpha value is -3.22. The third kappa shape index (κ3) is 4.89. The Morgan fingerprint density at radius 1 is 1.15 bits per heavy atom. The van der Waals surface area contributed by atoms with Crippen molar-refractivity contribution in [2.24, 2.45) is 0 Å². The van der Waals surface area contributed by atoms with Crippen LogP contribution in [0.4, 0.5) is 8.78 Å². The molecule has 0 heterocycles.